The number of thiazole rings is 1. The van der Waals surface area contributed by atoms with Crippen molar-refractivity contribution in [1.29, 1.82) is 0 Å². The molecule has 0 saturated carbocycles. The third kappa shape index (κ3) is 2.10. The van der Waals surface area contributed by atoms with Crippen molar-refractivity contribution in [2.45, 2.75) is 18.6 Å². The van der Waals surface area contributed by atoms with Crippen molar-refractivity contribution in [1.82, 2.24) is 4.98 Å². The van der Waals surface area contributed by atoms with E-state index in [0.717, 1.165) is 20.8 Å². The molecule has 2 aromatic rings. The van der Waals surface area contributed by atoms with E-state index in [0.29, 0.717) is 6.42 Å². The Morgan fingerprint density at radius 3 is 3.12 bits per heavy atom. The standard InChI is InChI=1S/C12H10BrNO2S/c13-7-1-2-8-9(15)6-11(16-10(8)5-7)12-14-3-4-17-12/h1-5,9,11,15H,6H2. The summed E-state index contributed by atoms with van der Waals surface area (Å²) in [6, 6.07) is 5.69. The second-order valence-corrected chi connectivity index (χ2v) is 5.75. The predicted molar refractivity (Wildman–Crippen MR) is 69.2 cm³/mol. The average Bonchev–Trinajstić information content (AvgIpc) is 2.81. The van der Waals surface area contributed by atoms with E-state index in [1.807, 2.05) is 23.6 Å². The highest BCUT2D eigenvalue weighted by molar-refractivity contribution is 9.10. The van der Waals surface area contributed by atoms with E-state index in [1.165, 1.54) is 0 Å². The van der Waals surface area contributed by atoms with Gasteiger partial charge in [0.15, 0.2) is 6.10 Å². The topological polar surface area (TPSA) is 42.4 Å². The van der Waals surface area contributed by atoms with Crippen molar-refractivity contribution in [2.24, 2.45) is 0 Å². The summed E-state index contributed by atoms with van der Waals surface area (Å²) >= 11 is 4.96. The smallest absolute Gasteiger partial charge is 0.153 e. The minimum Gasteiger partial charge on any atom is -0.483 e. The lowest BCUT2D eigenvalue weighted by Gasteiger charge is -2.28. The van der Waals surface area contributed by atoms with E-state index in [-0.39, 0.29) is 6.10 Å². The lowest BCUT2D eigenvalue weighted by atomic mass is 9.99. The number of benzene rings is 1. The van der Waals surface area contributed by atoms with Crippen LogP contribution in [-0.4, -0.2) is 10.1 Å². The van der Waals surface area contributed by atoms with Crippen molar-refractivity contribution >= 4 is 27.3 Å². The Morgan fingerprint density at radius 2 is 2.35 bits per heavy atom. The summed E-state index contributed by atoms with van der Waals surface area (Å²) in [5.74, 6) is 0.735. The van der Waals surface area contributed by atoms with Gasteiger partial charge in [-0.15, -0.1) is 11.3 Å². The minimum atomic E-state index is -0.485. The molecule has 0 fully saturated rings. The van der Waals surface area contributed by atoms with Gasteiger partial charge in [-0.25, -0.2) is 4.98 Å². The van der Waals surface area contributed by atoms with Crippen LogP contribution < -0.4 is 4.74 Å². The zero-order valence-electron chi connectivity index (χ0n) is 8.84. The molecule has 0 spiro atoms. The second kappa shape index (κ2) is 4.40. The molecule has 1 aliphatic rings. The van der Waals surface area contributed by atoms with Gasteiger partial charge in [0.2, 0.25) is 0 Å². The molecule has 3 nitrogen and oxygen atoms in total. The van der Waals surface area contributed by atoms with E-state index in [9.17, 15) is 5.11 Å². The zero-order chi connectivity index (χ0) is 11.8. The minimum absolute atomic E-state index is 0.146. The quantitative estimate of drug-likeness (QED) is 0.877. The van der Waals surface area contributed by atoms with Gasteiger partial charge in [-0.1, -0.05) is 22.0 Å². The molecular weight excluding hydrogens is 302 g/mol. The van der Waals surface area contributed by atoms with Gasteiger partial charge in [-0.2, -0.15) is 0 Å². The molecule has 0 aliphatic carbocycles. The molecule has 88 valence electrons. The number of nitrogens with zero attached hydrogens (tertiary/aromatic N) is 1. The van der Waals surface area contributed by atoms with Crippen LogP contribution in [0, 0.1) is 0 Å². The number of aliphatic hydroxyl groups is 1. The van der Waals surface area contributed by atoms with E-state index in [1.54, 1.807) is 17.5 Å². The highest BCUT2D eigenvalue weighted by atomic mass is 79.9. The summed E-state index contributed by atoms with van der Waals surface area (Å²) in [6.45, 7) is 0. The Kier molecular flexibility index (Phi) is 2.90. The Labute approximate surface area is 111 Å². The fraction of sp³-hybridized carbons (Fsp3) is 0.250. The van der Waals surface area contributed by atoms with Crippen LogP contribution in [0.15, 0.2) is 34.2 Å². The van der Waals surface area contributed by atoms with Gasteiger partial charge < -0.3 is 9.84 Å². The zero-order valence-corrected chi connectivity index (χ0v) is 11.2. The summed E-state index contributed by atoms with van der Waals surface area (Å²) in [6.07, 6.45) is 1.68. The van der Waals surface area contributed by atoms with E-state index >= 15 is 0 Å². The van der Waals surface area contributed by atoms with Crippen LogP contribution >= 0.6 is 27.3 Å². The van der Waals surface area contributed by atoms with Crippen LogP contribution in [-0.2, 0) is 0 Å². The van der Waals surface area contributed by atoms with Gasteiger partial charge >= 0.3 is 0 Å². The third-order valence-electron chi connectivity index (χ3n) is 2.77. The monoisotopic (exact) mass is 311 g/mol. The van der Waals surface area contributed by atoms with E-state index in [2.05, 4.69) is 20.9 Å². The molecule has 1 aromatic carbocycles. The molecule has 1 aliphatic heterocycles. The molecule has 5 heteroatoms. The first kappa shape index (κ1) is 11.2. The molecule has 2 atom stereocenters. The van der Waals surface area contributed by atoms with Crippen molar-refractivity contribution in [2.75, 3.05) is 0 Å². The maximum atomic E-state index is 10.1. The summed E-state index contributed by atoms with van der Waals surface area (Å²) in [5, 5.41) is 12.9. The van der Waals surface area contributed by atoms with Crippen LogP contribution in [0.2, 0.25) is 0 Å². The number of rotatable bonds is 1. The summed E-state index contributed by atoms with van der Waals surface area (Å²) in [4.78, 5) is 4.24. The van der Waals surface area contributed by atoms with Crippen LogP contribution in [0.4, 0.5) is 0 Å². The number of aromatic nitrogens is 1. The maximum absolute atomic E-state index is 10.1. The molecule has 0 radical (unpaired) electrons. The number of fused-ring (bicyclic) bond motifs is 1. The number of halogens is 1. The van der Waals surface area contributed by atoms with Crippen molar-refractivity contribution in [3.8, 4) is 5.75 Å². The van der Waals surface area contributed by atoms with Crippen LogP contribution in [0.5, 0.6) is 5.75 Å². The summed E-state index contributed by atoms with van der Waals surface area (Å²) < 4.78 is 6.83. The molecule has 0 amide bonds. The highest BCUT2D eigenvalue weighted by Crippen LogP contribution is 2.42. The average molecular weight is 312 g/mol. The van der Waals surface area contributed by atoms with Crippen molar-refractivity contribution in [3.63, 3.8) is 0 Å². The van der Waals surface area contributed by atoms with Gasteiger partial charge in [0.05, 0.1) is 6.10 Å². The largest absolute Gasteiger partial charge is 0.483 e. The SMILES string of the molecule is OC1CC(c2nccs2)Oc2cc(Br)ccc21. The molecule has 2 unspecified atom stereocenters. The number of aliphatic hydroxyl groups excluding tert-OH is 1. The lowest BCUT2D eigenvalue weighted by molar-refractivity contribution is 0.0655. The molecule has 0 bridgehead atoms. The molecular formula is C12H10BrNO2S. The third-order valence-corrected chi connectivity index (χ3v) is 4.13. The lowest BCUT2D eigenvalue weighted by Crippen LogP contribution is -2.18. The van der Waals surface area contributed by atoms with Crippen molar-refractivity contribution < 1.29 is 9.84 Å². The van der Waals surface area contributed by atoms with Crippen molar-refractivity contribution in [3.05, 3.63) is 44.8 Å². The van der Waals surface area contributed by atoms with Gasteiger partial charge in [0.1, 0.15) is 10.8 Å². The Bertz CT molecular complexity index is 529. The second-order valence-electron chi connectivity index (χ2n) is 3.91. The summed E-state index contributed by atoms with van der Waals surface area (Å²) in [7, 11) is 0. The first-order valence-corrected chi connectivity index (χ1v) is 6.95. The number of hydrogen-bond donors (Lipinski definition) is 1. The summed E-state index contributed by atoms with van der Waals surface area (Å²) in [5.41, 5.74) is 0.848. The molecule has 2 heterocycles. The Hall–Kier alpha value is -0.910. The van der Waals surface area contributed by atoms with Gasteiger partial charge in [-0.3, -0.25) is 0 Å². The van der Waals surface area contributed by atoms with Crippen LogP contribution in [0.1, 0.15) is 29.2 Å². The number of ether oxygens (including phenoxy) is 1. The maximum Gasteiger partial charge on any atom is 0.153 e. The van der Waals surface area contributed by atoms with E-state index < -0.39 is 6.10 Å². The van der Waals surface area contributed by atoms with Gasteiger partial charge in [0, 0.05) is 28.0 Å². The van der Waals surface area contributed by atoms with E-state index in [4.69, 9.17) is 4.74 Å². The van der Waals surface area contributed by atoms with Crippen LogP contribution in [0.3, 0.4) is 0 Å². The van der Waals surface area contributed by atoms with Crippen LogP contribution in [0.25, 0.3) is 0 Å². The fourth-order valence-electron chi connectivity index (χ4n) is 1.96. The van der Waals surface area contributed by atoms with Gasteiger partial charge in [-0.05, 0) is 12.1 Å². The molecule has 1 aromatic heterocycles. The molecule has 0 saturated heterocycles. The first-order chi connectivity index (χ1) is 8.24. The fourth-order valence-corrected chi connectivity index (χ4v) is 2.98. The normalized spacial score (nSPS) is 22.9. The highest BCUT2D eigenvalue weighted by Gasteiger charge is 2.29. The first-order valence-electron chi connectivity index (χ1n) is 5.27. The predicted octanol–water partition coefficient (Wildman–Crippen LogP) is 3.46. The Morgan fingerprint density at radius 1 is 1.47 bits per heavy atom. The van der Waals surface area contributed by atoms with Gasteiger partial charge in [0.25, 0.3) is 0 Å². The molecule has 3 rings (SSSR count). The number of hydrogen-bond acceptors (Lipinski definition) is 4. The molecule has 17 heavy (non-hydrogen) atoms. The molecule has 1 N–H and O–H groups in total. The Balaban J connectivity index is 1.97.